The van der Waals surface area contributed by atoms with Crippen LogP contribution in [0.2, 0.25) is 0 Å². The van der Waals surface area contributed by atoms with E-state index in [-0.39, 0.29) is 11.4 Å². The Kier molecular flexibility index (Phi) is 5.97. The highest BCUT2D eigenvalue weighted by atomic mass is 16.5. The molecule has 0 amide bonds. The number of para-hydroxylation sites is 1. The zero-order valence-electron chi connectivity index (χ0n) is 14.2. The van der Waals surface area contributed by atoms with Crippen molar-refractivity contribution in [2.75, 3.05) is 6.54 Å². The van der Waals surface area contributed by atoms with Gasteiger partial charge in [0.2, 0.25) is 0 Å². The molecule has 0 saturated carbocycles. The number of hydrogen-bond acceptors (Lipinski definition) is 3. The van der Waals surface area contributed by atoms with E-state index in [1.54, 1.807) is 0 Å². The van der Waals surface area contributed by atoms with Crippen LogP contribution in [0.3, 0.4) is 0 Å². The summed E-state index contributed by atoms with van der Waals surface area (Å²) in [6.07, 6.45) is 0.327. The molecule has 3 nitrogen and oxygen atoms in total. The minimum atomic E-state index is -0.234. The van der Waals surface area contributed by atoms with E-state index < -0.39 is 0 Å². The molecule has 1 aromatic rings. The number of carbonyl (C=O) groups is 1. The van der Waals surface area contributed by atoms with E-state index >= 15 is 0 Å². The van der Waals surface area contributed by atoms with Gasteiger partial charge in [0, 0.05) is 0 Å². The summed E-state index contributed by atoms with van der Waals surface area (Å²) in [6, 6.07) is 6.10. The Hall–Kier alpha value is -1.35. The summed E-state index contributed by atoms with van der Waals surface area (Å²) >= 11 is 0. The van der Waals surface area contributed by atoms with Gasteiger partial charge in [-0.25, -0.2) is 0 Å². The standard InChI is InChI=1S/C18H29NO2/c1-12(2)14-8-7-9-15(13(3)4)17(14)21-16(20)10-18(5,6)11-19/h7-9,12-13H,10-11,19H2,1-6H3. The highest BCUT2D eigenvalue weighted by Gasteiger charge is 2.24. The van der Waals surface area contributed by atoms with Crippen molar-refractivity contribution in [2.24, 2.45) is 11.1 Å². The number of benzene rings is 1. The van der Waals surface area contributed by atoms with Crippen molar-refractivity contribution in [2.45, 2.75) is 59.8 Å². The molecule has 0 spiro atoms. The van der Waals surface area contributed by atoms with E-state index in [9.17, 15) is 4.79 Å². The van der Waals surface area contributed by atoms with Gasteiger partial charge in [0.25, 0.3) is 0 Å². The van der Waals surface area contributed by atoms with Gasteiger partial charge in [0.15, 0.2) is 0 Å². The van der Waals surface area contributed by atoms with E-state index in [1.165, 1.54) is 0 Å². The fraction of sp³-hybridized carbons (Fsp3) is 0.611. The Morgan fingerprint density at radius 1 is 1.14 bits per heavy atom. The summed E-state index contributed by atoms with van der Waals surface area (Å²) in [5.74, 6) is 1.16. The minimum absolute atomic E-state index is 0.208. The summed E-state index contributed by atoms with van der Waals surface area (Å²) in [5.41, 5.74) is 7.63. The molecule has 0 aromatic heterocycles. The van der Waals surface area contributed by atoms with Crippen LogP contribution < -0.4 is 10.5 Å². The first-order chi connectivity index (χ1) is 9.68. The Morgan fingerprint density at radius 3 is 2.00 bits per heavy atom. The lowest BCUT2D eigenvalue weighted by Crippen LogP contribution is -2.28. The number of nitrogens with two attached hydrogens (primary N) is 1. The Morgan fingerprint density at radius 2 is 1.62 bits per heavy atom. The van der Waals surface area contributed by atoms with Gasteiger partial charge in [-0.05, 0) is 34.9 Å². The summed E-state index contributed by atoms with van der Waals surface area (Å²) in [7, 11) is 0. The molecule has 1 aromatic carbocycles. The summed E-state index contributed by atoms with van der Waals surface area (Å²) in [6.45, 7) is 12.9. The number of ether oxygens (including phenoxy) is 1. The molecule has 118 valence electrons. The summed E-state index contributed by atoms with van der Waals surface area (Å²) < 4.78 is 5.74. The van der Waals surface area contributed by atoms with Crippen molar-refractivity contribution in [3.63, 3.8) is 0 Å². The van der Waals surface area contributed by atoms with Gasteiger partial charge in [-0.15, -0.1) is 0 Å². The van der Waals surface area contributed by atoms with Crippen LogP contribution in [-0.2, 0) is 4.79 Å². The van der Waals surface area contributed by atoms with Gasteiger partial charge >= 0.3 is 5.97 Å². The molecule has 0 heterocycles. The first-order valence-electron chi connectivity index (χ1n) is 7.71. The monoisotopic (exact) mass is 291 g/mol. The van der Waals surface area contributed by atoms with Crippen LogP contribution in [0, 0.1) is 5.41 Å². The Labute approximate surface area is 128 Å². The Balaban J connectivity index is 3.08. The van der Waals surface area contributed by atoms with Crippen molar-refractivity contribution in [3.8, 4) is 5.75 Å². The van der Waals surface area contributed by atoms with E-state index in [2.05, 4.69) is 27.7 Å². The second-order valence-electron chi connectivity index (χ2n) is 7.09. The van der Waals surface area contributed by atoms with Crippen molar-refractivity contribution in [1.82, 2.24) is 0 Å². The molecule has 0 saturated heterocycles. The van der Waals surface area contributed by atoms with Crippen molar-refractivity contribution < 1.29 is 9.53 Å². The first kappa shape index (κ1) is 17.7. The zero-order valence-corrected chi connectivity index (χ0v) is 14.2. The topological polar surface area (TPSA) is 52.3 Å². The quantitative estimate of drug-likeness (QED) is 0.631. The van der Waals surface area contributed by atoms with Gasteiger partial charge in [0.05, 0.1) is 6.42 Å². The van der Waals surface area contributed by atoms with E-state index in [4.69, 9.17) is 10.5 Å². The fourth-order valence-electron chi connectivity index (χ4n) is 2.21. The third-order valence-corrected chi connectivity index (χ3v) is 3.71. The van der Waals surface area contributed by atoms with Gasteiger partial charge in [-0.1, -0.05) is 59.7 Å². The van der Waals surface area contributed by atoms with Gasteiger partial charge in [-0.2, -0.15) is 0 Å². The second kappa shape index (κ2) is 7.08. The molecule has 0 aliphatic heterocycles. The molecule has 0 radical (unpaired) electrons. The normalized spacial score (nSPS) is 12.0. The molecular weight excluding hydrogens is 262 g/mol. The lowest BCUT2D eigenvalue weighted by molar-refractivity contribution is -0.136. The molecule has 3 heteroatoms. The number of hydrogen-bond donors (Lipinski definition) is 1. The number of esters is 1. The fourth-order valence-corrected chi connectivity index (χ4v) is 2.21. The number of carbonyl (C=O) groups excluding carboxylic acids is 1. The number of rotatable bonds is 6. The van der Waals surface area contributed by atoms with Crippen LogP contribution in [0.1, 0.15) is 70.9 Å². The van der Waals surface area contributed by atoms with E-state index in [0.29, 0.717) is 24.8 Å². The largest absolute Gasteiger partial charge is 0.426 e. The minimum Gasteiger partial charge on any atom is -0.426 e. The van der Waals surface area contributed by atoms with Gasteiger partial charge < -0.3 is 10.5 Å². The lowest BCUT2D eigenvalue weighted by atomic mass is 9.89. The maximum atomic E-state index is 12.3. The van der Waals surface area contributed by atoms with Crippen molar-refractivity contribution >= 4 is 5.97 Å². The van der Waals surface area contributed by atoms with Crippen LogP contribution in [0.25, 0.3) is 0 Å². The maximum absolute atomic E-state index is 12.3. The highest BCUT2D eigenvalue weighted by Crippen LogP contribution is 2.35. The molecule has 2 N–H and O–H groups in total. The molecule has 0 unspecified atom stereocenters. The van der Waals surface area contributed by atoms with Gasteiger partial charge in [-0.3, -0.25) is 4.79 Å². The molecule has 0 fully saturated rings. The summed E-state index contributed by atoms with van der Waals surface area (Å²) in [4.78, 5) is 12.3. The van der Waals surface area contributed by atoms with Crippen LogP contribution in [-0.4, -0.2) is 12.5 Å². The molecule has 0 aliphatic carbocycles. The van der Waals surface area contributed by atoms with Crippen LogP contribution in [0.4, 0.5) is 0 Å². The predicted octanol–water partition coefficient (Wildman–Crippen LogP) is 4.21. The summed E-state index contributed by atoms with van der Waals surface area (Å²) in [5, 5.41) is 0. The van der Waals surface area contributed by atoms with Gasteiger partial charge in [0.1, 0.15) is 5.75 Å². The molecule has 0 bridgehead atoms. The molecule has 0 atom stereocenters. The Bertz CT molecular complexity index is 464. The highest BCUT2D eigenvalue weighted by molar-refractivity contribution is 5.74. The zero-order chi connectivity index (χ0) is 16.2. The third-order valence-electron chi connectivity index (χ3n) is 3.71. The van der Waals surface area contributed by atoms with Crippen molar-refractivity contribution in [3.05, 3.63) is 29.3 Å². The first-order valence-corrected chi connectivity index (χ1v) is 7.71. The van der Waals surface area contributed by atoms with Crippen molar-refractivity contribution in [1.29, 1.82) is 0 Å². The van der Waals surface area contributed by atoms with Crippen LogP contribution >= 0.6 is 0 Å². The molecule has 21 heavy (non-hydrogen) atoms. The predicted molar refractivity (Wildman–Crippen MR) is 87.7 cm³/mol. The second-order valence-corrected chi connectivity index (χ2v) is 7.09. The average molecular weight is 291 g/mol. The molecule has 1 rings (SSSR count). The third kappa shape index (κ3) is 4.85. The lowest BCUT2D eigenvalue weighted by Gasteiger charge is -2.23. The van der Waals surface area contributed by atoms with Crippen LogP contribution in [0.15, 0.2) is 18.2 Å². The van der Waals surface area contributed by atoms with E-state index in [0.717, 1.165) is 16.9 Å². The molecular formula is C18H29NO2. The molecule has 0 aliphatic rings. The average Bonchev–Trinajstić information content (AvgIpc) is 2.37. The smallest absolute Gasteiger partial charge is 0.311 e. The maximum Gasteiger partial charge on any atom is 0.311 e. The van der Waals surface area contributed by atoms with Crippen LogP contribution in [0.5, 0.6) is 5.75 Å². The SMILES string of the molecule is CC(C)c1cccc(C(C)C)c1OC(=O)CC(C)(C)CN. The van der Waals surface area contributed by atoms with E-state index in [1.807, 2.05) is 32.0 Å².